The molecule has 0 bridgehead atoms. The third kappa shape index (κ3) is 23.4. The number of carbonyl (C=O) groups excluding carboxylic acids is 2. The molecule has 0 aromatic heterocycles. The fourth-order valence-electron chi connectivity index (χ4n) is 1.07. The normalized spacial score (nSPS) is 12.0. The second-order valence-electron chi connectivity index (χ2n) is 5.07. The van der Waals surface area contributed by atoms with Gasteiger partial charge in [-0.15, -0.1) is 0 Å². The maximum absolute atomic E-state index is 10.7. The Hall–Kier alpha value is -0.630. The maximum Gasteiger partial charge on any atom is 0.329 e. The third-order valence-corrected chi connectivity index (χ3v) is 3.27. The molecular formula is C17H41N2O6P. The Morgan fingerprint density at radius 3 is 2.12 bits per heavy atom. The molecule has 0 heterocycles. The highest BCUT2D eigenvalue weighted by molar-refractivity contribution is 7.40. The van der Waals surface area contributed by atoms with E-state index in [1.54, 1.807) is 13.8 Å². The van der Waals surface area contributed by atoms with Gasteiger partial charge in [0.15, 0.2) is 0 Å². The molecule has 0 aliphatic carbocycles. The summed E-state index contributed by atoms with van der Waals surface area (Å²) in [5, 5.41) is 14.8. The lowest BCUT2D eigenvalue weighted by atomic mass is 9.88. The van der Waals surface area contributed by atoms with E-state index in [-0.39, 0.29) is 12.5 Å². The van der Waals surface area contributed by atoms with Crippen LogP contribution in [0.4, 0.5) is 0 Å². The van der Waals surface area contributed by atoms with Crippen molar-refractivity contribution in [1.29, 1.82) is 0 Å². The van der Waals surface area contributed by atoms with E-state index in [9.17, 15) is 14.7 Å². The minimum Gasteiger partial charge on any atom is -0.385 e. The number of hydrogen-bond donors (Lipinski definition) is 4. The van der Waals surface area contributed by atoms with Gasteiger partial charge < -0.3 is 34.5 Å². The van der Waals surface area contributed by atoms with Gasteiger partial charge in [0.2, 0.25) is 5.91 Å². The van der Waals surface area contributed by atoms with Crippen LogP contribution < -0.4 is 10.6 Å². The molecule has 0 aliphatic heterocycles. The van der Waals surface area contributed by atoms with E-state index in [4.69, 9.17) is 9.42 Å². The summed E-state index contributed by atoms with van der Waals surface area (Å²) in [5.41, 5.74) is -0.719. The van der Waals surface area contributed by atoms with Crippen LogP contribution in [0.1, 0.15) is 54.9 Å². The summed E-state index contributed by atoms with van der Waals surface area (Å²) in [6.45, 7) is 14.8. The van der Waals surface area contributed by atoms with Crippen LogP contribution in [0, 0.1) is 5.41 Å². The van der Waals surface area contributed by atoms with Crippen molar-refractivity contribution < 1.29 is 28.6 Å². The van der Waals surface area contributed by atoms with Crippen LogP contribution in [-0.4, -0.2) is 62.2 Å². The van der Waals surface area contributed by atoms with Gasteiger partial charge in [-0.3, -0.25) is 4.79 Å². The summed E-state index contributed by atoms with van der Waals surface area (Å²) in [5.74, 6) is 0.117. The lowest BCUT2D eigenvalue weighted by Crippen LogP contribution is -2.34. The largest absolute Gasteiger partial charge is 0.385 e. The van der Waals surface area contributed by atoms with Crippen LogP contribution in [0.25, 0.3) is 0 Å². The van der Waals surface area contributed by atoms with E-state index in [1.165, 1.54) is 7.11 Å². The minimum atomic E-state index is -1.90. The Labute approximate surface area is 161 Å². The molecule has 8 nitrogen and oxygen atoms in total. The van der Waals surface area contributed by atoms with Gasteiger partial charge >= 0.3 is 8.60 Å². The van der Waals surface area contributed by atoms with E-state index in [0.29, 0.717) is 12.7 Å². The molecule has 2 unspecified atom stereocenters. The van der Waals surface area contributed by atoms with Crippen LogP contribution in [0.15, 0.2) is 0 Å². The lowest BCUT2D eigenvalue weighted by molar-refractivity contribution is -0.122. The molecule has 1 amide bonds. The predicted molar refractivity (Wildman–Crippen MR) is 108 cm³/mol. The monoisotopic (exact) mass is 400 g/mol. The first-order valence-corrected chi connectivity index (χ1v) is 10.1. The van der Waals surface area contributed by atoms with Crippen molar-refractivity contribution in [2.45, 2.75) is 61.0 Å². The van der Waals surface area contributed by atoms with Gasteiger partial charge in [0.25, 0.3) is 0 Å². The van der Waals surface area contributed by atoms with Crippen molar-refractivity contribution in [3.8, 4) is 0 Å². The van der Waals surface area contributed by atoms with Gasteiger partial charge in [-0.25, -0.2) is 0 Å². The van der Waals surface area contributed by atoms with Crippen LogP contribution in [0.5, 0.6) is 0 Å². The van der Waals surface area contributed by atoms with Crippen molar-refractivity contribution in [1.82, 2.24) is 10.6 Å². The van der Waals surface area contributed by atoms with Crippen molar-refractivity contribution in [3.63, 3.8) is 0 Å². The molecule has 160 valence electrons. The summed E-state index contributed by atoms with van der Waals surface area (Å²) in [6.07, 6.45) is -0.0899. The first kappa shape index (κ1) is 33.0. The molecule has 0 fully saturated rings. The quantitative estimate of drug-likeness (QED) is 0.328. The van der Waals surface area contributed by atoms with Crippen LogP contribution >= 0.6 is 8.60 Å². The average molecular weight is 400 g/mol. The summed E-state index contributed by atoms with van der Waals surface area (Å²) in [6, 6.07) is 0. The molecule has 4 N–H and O–H groups in total. The Balaban J connectivity index is -0.000000162. The fourth-order valence-corrected chi connectivity index (χ4v) is 1.62. The van der Waals surface area contributed by atoms with E-state index in [1.807, 2.05) is 41.7 Å². The number of aliphatic hydroxyl groups excluding tert-OH is 1. The van der Waals surface area contributed by atoms with Gasteiger partial charge in [-0.1, -0.05) is 41.5 Å². The van der Waals surface area contributed by atoms with Crippen LogP contribution in [0.3, 0.4) is 0 Å². The van der Waals surface area contributed by atoms with Crippen molar-refractivity contribution >= 4 is 20.8 Å². The summed E-state index contributed by atoms with van der Waals surface area (Å²) < 4.78 is 9.35. The average Bonchev–Trinajstić information content (AvgIpc) is 2.67. The van der Waals surface area contributed by atoms with Crippen molar-refractivity contribution in [3.05, 3.63) is 0 Å². The zero-order chi connectivity index (χ0) is 21.6. The lowest BCUT2D eigenvalue weighted by Gasteiger charge is -2.26. The Morgan fingerprint density at radius 1 is 1.27 bits per heavy atom. The smallest absolute Gasteiger partial charge is 0.329 e. The standard InChI is InChI=1S/C7H15O5P.C6H14N2O.2C2H6/c1-7(2,6(9)4-8)5-12-13(10)11-3;1-3-8-6(9)4-5-7-2;2*1-2/h4,6,9-10H,5H2,1-3H3;7H,3-5H2,1-2H3,(H,8,9);2*1-2H3. The zero-order valence-electron chi connectivity index (χ0n) is 18.0. The Morgan fingerprint density at radius 2 is 1.77 bits per heavy atom. The number of hydrogen-bond acceptors (Lipinski definition) is 7. The first-order valence-electron chi connectivity index (χ1n) is 8.95. The third-order valence-electron chi connectivity index (χ3n) is 2.61. The Kier molecular flexibility index (Phi) is 30.9. The summed E-state index contributed by atoms with van der Waals surface area (Å²) in [7, 11) is 1.25. The fraction of sp³-hybridized carbons (Fsp3) is 0.882. The van der Waals surface area contributed by atoms with Crippen molar-refractivity contribution in [2.24, 2.45) is 5.41 Å². The predicted octanol–water partition coefficient (Wildman–Crippen LogP) is 2.24. The molecule has 0 saturated carbocycles. The number of rotatable bonds is 10. The SMILES string of the molecule is CC.CC.CCNC(=O)CCNC.COP(O)OCC(C)(C)C(O)C=O. The highest BCUT2D eigenvalue weighted by atomic mass is 31.2. The molecule has 0 spiro atoms. The zero-order valence-corrected chi connectivity index (χ0v) is 18.9. The minimum absolute atomic E-state index is 0.0585. The summed E-state index contributed by atoms with van der Waals surface area (Å²) >= 11 is 0. The van der Waals surface area contributed by atoms with Crippen molar-refractivity contribution in [2.75, 3.05) is 33.9 Å². The molecule has 0 aromatic rings. The second kappa shape index (κ2) is 24.4. The van der Waals surface area contributed by atoms with Gasteiger partial charge in [-0.2, -0.15) is 0 Å². The van der Waals surface area contributed by atoms with Gasteiger partial charge in [-0.05, 0) is 14.0 Å². The van der Waals surface area contributed by atoms with Gasteiger partial charge in [0, 0.05) is 32.0 Å². The number of aliphatic hydroxyl groups is 1. The van der Waals surface area contributed by atoms with E-state index in [0.717, 1.165) is 13.1 Å². The first-order chi connectivity index (χ1) is 12.2. The molecular weight excluding hydrogens is 359 g/mol. The van der Waals surface area contributed by atoms with Crippen LogP contribution in [-0.2, 0) is 18.6 Å². The maximum atomic E-state index is 10.7. The number of aldehydes is 1. The number of amides is 1. The van der Waals surface area contributed by atoms with E-state index in [2.05, 4.69) is 15.2 Å². The van der Waals surface area contributed by atoms with Gasteiger partial charge in [0.1, 0.15) is 12.4 Å². The molecule has 0 aromatic carbocycles. The number of carbonyl (C=O) groups is 2. The van der Waals surface area contributed by atoms with E-state index >= 15 is 0 Å². The highest BCUT2D eigenvalue weighted by Crippen LogP contribution is 2.34. The number of nitrogens with one attached hydrogen (secondary N) is 2. The molecule has 0 saturated heterocycles. The molecule has 0 aliphatic rings. The molecule has 9 heteroatoms. The topological polar surface area (TPSA) is 117 Å². The van der Waals surface area contributed by atoms with Gasteiger partial charge in [0.05, 0.1) is 6.61 Å². The Bertz CT molecular complexity index is 307. The molecule has 2 atom stereocenters. The highest BCUT2D eigenvalue weighted by Gasteiger charge is 2.29. The van der Waals surface area contributed by atoms with Crippen LogP contribution in [0.2, 0.25) is 0 Å². The molecule has 0 radical (unpaired) electrons. The van der Waals surface area contributed by atoms with E-state index < -0.39 is 20.1 Å². The molecule has 26 heavy (non-hydrogen) atoms. The molecule has 0 rings (SSSR count). The second-order valence-corrected chi connectivity index (χ2v) is 6.17. The summed E-state index contributed by atoms with van der Waals surface area (Å²) in [4.78, 5) is 29.8.